The van der Waals surface area contributed by atoms with Gasteiger partial charge >= 0.3 is 0 Å². The van der Waals surface area contributed by atoms with Gasteiger partial charge in [-0.25, -0.2) is 5.01 Å². The maximum atomic E-state index is 12.2. The number of unbranched alkanes of at least 4 members (excludes halogenated alkanes) is 5. The van der Waals surface area contributed by atoms with Gasteiger partial charge in [-0.2, -0.15) is 0 Å². The zero-order chi connectivity index (χ0) is 21.7. The molecule has 2 amide bonds. The number of hydrogen-bond donors (Lipinski definition) is 1. The van der Waals surface area contributed by atoms with Crippen molar-refractivity contribution >= 4 is 17.6 Å². The fourth-order valence-electron chi connectivity index (χ4n) is 3.51. The third kappa shape index (κ3) is 10.8. The lowest BCUT2D eigenvalue weighted by Crippen LogP contribution is -2.42. The number of nitrogens with zero attached hydrogens (tertiary/aromatic N) is 2. The van der Waals surface area contributed by atoms with Crippen molar-refractivity contribution in [2.75, 3.05) is 19.6 Å². The minimum Gasteiger partial charge on any atom is -0.351 e. The molecule has 0 radical (unpaired) electrons. The molecule has 0 saturated carbocycles. The molecule has 1 aliphatic heterocycles. The van der Waals surface area contributed by atoms with Crippen molar-refractivity contribution in [1.82, 2.24) is 15.3 Å². The summed E-state index contributed by atoms with van der Waals surface area (Å²) in [6.45, 7) is 10.4. The van der Waals surface area contributed by atoms with Crippen LogP contribution < -0.4 is 5.32 Å². The Bertz CT molecular complexity index is 519. The topological polar surface area (TPSA) is 69.7 Å². The number of Topliss-reactive ketones (excluding diaryl/α,β-unsaturated/α-hetero) is 1. The van der Waals surface area contributed by atoms with E-state index in [2.05, 4.69) is 24.2 Å². The van der Waals surface area contributed by atoms with E-state index in [1.54, 1.807) is 0 Å². The Balaban J connectivity index is 2.19. The quantitative estimate of drug-likeness (QED) is 0.387. The van der Waals surface area contributed by atoms with E-state index < -0.39 is 0 Å². The summed E-state index contributed by atoms with van der Waals surface area (Å²) in [5.74, 6) is 0.605. The van der Waals surface area contributed by atoms with E-state index in [9.17, 15) is 14.4 Å². The second kappa shape index (κ2) is 13.7. The van der Waals surface area contributed by atoms with Crippen LogP contribution in [0.1, 0.15) is 105 Å². The van der Waals surface area contributed by atoms with E-state index in [-0.39, 0.29) is 17.4 Å². The van der Waals surface area contributed by atoms with Gasteiger partial charge < -0.3 is 5.32 Å². The highest BCUT2D eigenvalue weighted by atomic mass is 16.2. The highest BCUT2D eigenvalue weighted by molar-refractivity contribution is 5.79. The summed E-state index contributed by atoms with van der Waals surface area (Å²) < 4.78 is 0. The lowest BCUT2D eigenvalue weighted by atomic mass is 10.0. The summed E-state index contributed by atoms with van der Waals surface area (Å²) >= 11 is 0. The lowest BCUT2D eigenvalue weighted by Gasteiger charge is -2.27. The molecule has 6 nitrogen and oxygen atoms in total. The van der Waals surface area contributed by atoms with Gasteiger partial charge in [0, 0.05) is 50.9 Å². The number of ketones is 1. The number of rotatable bonds is 16. The minimum absolute atomic E-state index is 0.126. The molecule has 0 spiro atoms. The molecule has 0 bridgehead atoms. The van der Waals surface area contributed by atoms with E-state index in [4.69, 9.17) is 0 Å². The van der Waals surface area contributed by atoms with E-state index >= 15 is 0 Å². The van der Waals surface area contributed by atoms with Gasteiger partial charge in [0.1, 0.15) is 5.78 Å². The summed E-state index contributed by atoms with van der Waals surface area (Å²) in [6.07, 6.45) is 10.3. The van der Waals surface area contributed by atoms with E-state index in [0.29, 0.717) is 38.0 Å². The number of amides is 2. The average molecular weight is 410 g/mol. The predicted octanol–water partition coefficient (Wildman–Crippen LogP) is 4.23. The van der Waals surface area contributed by atoms with Crippen LogP contribution in [0.5, 0.6) is 0 Å². The predicted molar refractivity (Wildman–Crippen MR) is 117 cm³/mol. The summed E-state index contributed by atoms with van der Waals surface area (Å²) in [5.41, 5.74) is -0.131. The van der Waals surface area contributed by atoms with Gasteiger partial charge in [-0.15, -0.1) is 0 Å². The van der Waals surface area contributed by atoms with Gasteiger partial charge in [0.15, 0.2) is 0 Å². The van der Waals surface area contributed by atoms with Crippen LogP contribution >= 0.6 is 0 Å². The van der Waals surface area contributed by atoms with Crippen LogP contribution in [0.2, 0.25) is 0 Å². The van der Waals surface area contributed by atoms with Crippen LogP contribution in [0.15, 0.2) is 0 Å². The first kappa shape index (κ1) is 25.6. The fourth-order valence-corrected chi connectivity index (χ4v) is 3.51. The normalized spacial score (nSPS) is 15.2. The molecule has 0 unspecified atom stereocenters. The van der Waals surface area contributed by atoms with Crippen molar-refractivity contribution in [3.63, 3.8) is 0 Å². The lowest BCUT2D eigenvalue weighted by molar-refractivity contribution is -0.139. The Morgan fingerprint density at radius 2 is 1.62 bits per heavy atom. The zero-order valence-electron chi connectivity index (χ0n) is 19.2. The van der Waals surface area contributed by atoms with Crippen molar-refractivity contribution in [2.24, 2.45) is 0 Å². The Morgan fingerprint density at radius 3 is 2.31 bits per heavy atom. The maximum Gasteiger partial charge on any atom is 0.238 e. The number of carbonyl (C=O) groups is 3. The third-order valence-electron chi connectivity index (χ3n) is 5.81. The minimum atomic E-state index is -0.131. The molecular formula is C23H43N3O3. The second-order valence-electron chi connectivity index (χ2n) is 8.92. The van der Waals surface area contributed by atoms with Crippen molar-refractivity contribution in [1.29, 1.82) is 0 Å². The van der Waals surface area contributed by atoms with Gasteiger partial charge in [0.05, 0.1) is 0 Å². The SMILES string of the molecule is CCCCCC(=O)CCN1CCC(=O)N1CCCCCCC(=O)NC(C)(C)CC. The monoisotopic (exact) mass is 409 g/mol. The molecule has 1 N–H and O–H groups in total. The van der Waals surface area contributed by atoms with Crippen molar-refractivity contribution in [3.8, 4) is 0 Å². The molecule has 0 aromatic heterocycles. The van der Waals surface area contributed by atoms with Crippen molar-refractivity contribution in [3.05, 3.63) is 0 Å². The smallest absolute Gasteiger partial charge is 0.238 e. The molecule has 0 aliphatic carbocycles. The van der Waals surface area contributed by atoms with Crippen LogP contribution in [0, 0.1) is 0 Å². The van der Waals surface area contributed by atoms with Crippen LogP contribution in [0.4, 0.5) is 0 Å². The molecule has 1 heterocycles. The Labute approximate surface area is 177 Å². The number of hydrogen-bond acceptors (Lipinski definition) is 4. The summed E-state index contributed by atoms with van der Waals surface area (Å²) in [7, 11) is 0. The first-order valence-electron chi connectivity index (χ1n) is 11.7. The second-order valence-corrected chi connectivity index (χ2v) is 8.92. The van der Waals surface area contributed by atoms with Gasteiger partial charge in [-0.3, -0.25) is 19.4 Å². The van der Waals surface area contributed by atoms with Crippen LogP contribution in [-0.4, -0.2) is 52.8 Å². The molecule has 1 fully saturated rings. The summed E-state index contributed by atoms with van der Waals surface area (Å²) in [4.78, 5) is 36.1. The molecule has 0 atom stereocenters. The molecule has 6 heteroatoms. The Kier molecular flexibility index (Phi) is 12.1. The van der Waals surface area contributed by atoms with Crippen molar-refractivity contribution in [2.45, 2.75) is 110 Å². The number of nitrogens with one attached hydrogen (secondary N) is 1. The van der Waals surface area contributed by atoms with Crippen LogP contribution in [-0.2, 0) is 14.4 Å². The highest BCUT2D eigenvalue weighted by Crippen LogP contribution is 2.16. The van der Waals surface area contributed by atoms with Gasteiger partial charge in [0.25, 0.3) is 0 Å². The van der Waals surface area contributed by atoms with Gasteiger partial charge in [-0.05, 0) is 39.5 Å². The third-order valence-corrected chi connectivity index (χ3v) is 5.81. The molecule has 1 aliphatic rings. The zero-order valence-corrected chi connectivity index (χ0v) is 19.2. The van der Waals surface area contributed by atoms with E-state index in [1.165, 1.54) is 0 Å². The molecule has 1 saturated heterocycles. The summed E-state index contributed by atoms with van der Waals surface area (Å²) in [5, 5.41) is 6.97. The largest absolute Gasteiger partial charge is 0.351 e. The Hall–Kier alpha value is -1.43. The molecular weight excluding hydrogens is 366 g/mol. The molecule has 29 heavy (non-hydrogen) atoms. The molecule has 0 aromatic rings. The average Bonchev–Trinajstić information content (AvgIpc) is 3.02. The first-order valence-corrected chi connectivity index (χ1v) is 11.7. The first-order chi connectivity index (χ1) is 13.8. The van der Waals surface area contributed by atoms with Crippen LogP contribution in [0.3, 0.4) is 0 Å². The van der Waals surface area contributed by atoms with E-state index in [0.717, 1.165) is 64.5 Å². The fraction of sp³-hybridized carbons (Fsp3) is 0.870. The molecule has 0 aromatic carbocycles. The standard InChI is InChI=1S/C23H43N3O3/c1-5-7-10-13-20(27)15-18-25-19-16-22(29)26(25)17-12-9-8-11-14-21(28)24-23(3,4)6-2/h5-19H2,1-4H3,(H,24,28). The van der Waals surface area contributed by atoms with Crippen molar-refractivity contribution < 1.29 is 14.4 Å². The summed E-state index contributed by atoms with van der Waals surface area (Å²) in [6, 6.07) is 0. The van der Waals surface area contributed by atoms with Gasteiger partial charge in [0.2, 0.25) is 11.8 Å². The molecule has 168 valence electrons. The van der Waals surface area contributed by atoms with Gasteiger partial charge in [-0.1, -0.05) is 39.5 Å². The maximum absolute atomic E-state index is 12.2. The highest BCUT2D eigenvalue weighted by Gasteiger charge is 2.28. The molecule has 1 rings (SSSR count). The number of carbonyl (C=O) groups excluding carboxylic acids is 3. The number of hydrazine groups is 1. The van der Waals surface area contributed by atoms with E-state index in [1.807, 2.05) is 18.9 Å². The Morgan fingerprint density at radius 1 is 0.931 bits per heavy atom. The van der Waals surface area contributed by atoms with Crippen LogP contribution in [0.25, 0.3) is 0 Å².